The highest BCUT2D eigenvalue weighted by Gasteiger charge is 2.10. The molecule has 0 saturated carbocycles. The fourth-order valence-corrected chi connectivity index (χ4v) is 2.95. The monoisotopic (exact) mass is 482 g/mol. The van der Waals surface area contributed by atoms with Gasteiger partial charge in [-0.15, -0.1) is 24.0 Å². The average Bonchev–Trinajstić information content (AvgIpc) is 2.68. The normalized spacial score (nSPS) is 15.1. The smallest absolute Gasteiger partial charge is 0.193 e. The maximum atomic E-state index is 6.03. The first-order valence-electron chi connectivity index (χ1n) is 8.82. The van der Waals surface area contributed by atoms with Gasteiger partial charge in [-0.1, -0.05) is 36.4 Å². The Morgan fingerprint density at radius 1 is 1.15 bits per heavy atom. The molecule has 27 heavy (non-hydrogen) atoms. The number of aliphatic imine (C=N–C) groups is 1. The standard InChI is InChI=1S/C20H26N4O2.HI/c1-25-19-8-3-2-7-18(19)23-20(21)22-14-16-5-4-6-17(13-16)15-24-9-11-26-12-10-24;/h2-8,13H,9-12,14-15H2,1H3,(H3,21,22,23);1H. The van der Waals surface area contributed by atoms with Crippen molar-refractivity contribution in [3.8, 4) is 5.75 Å². The molecular formula is C20H27IN4O2. The first-order valence-corrected chi connectivity index (χ1v) is 8.82. The molecule has 2 aromatic rings. The lowest BCUT2D eigenvalue weighted by Crippen LogP contribution is -2.35. The average molecular weight is 482 g/mol. The predicted molar refractivity (Wildman–Crippen MR) is 120 cm³/mol. The van der Waals surface area contributed by atoms with E-state index in [1.165, 1.54) is 5.56 Å². The Labute approximate surface area is 177 Å². The van der Waals surface area contributed by atoms with Gasteiger partial charge in [0.15, 0.2) is 5.96 Å². The summed E-state index contributed by atoms with van der Waals surface area (Å²) < 4.78 is 10.7. The number of morpholine rings is 1. The van der Waals surface area contributed by atoms with Gasteiger partial charge in [-0.25, -0.2) is 4.99 Å². The van der Waals surface area contributed by atoms with Gasteiger partial charge in [0.1, 0.15) is 5.75 Å². The first kappa shape index (κ1) is 21.5. The largest absolute Gasteiger partial charge is 0.495 e. The molecular weight excluding hydrogens is 455 g/mol. The summed E-state index contributed by atoms with van der Waals surface area (Å²) >= 11 is 0. The van der Waals surface area contributed by atoms with Crippen molar-refractivity contribution < 1.29 is 9.47 Å². The molecule has 1 aliphatic rings. The van der Waals surface area contributed by atoms with E-state index in [0.29, 0.717) is 12.5 Å². The molecule has 3 rings (SSSR count). The van der Waals surface area contributed by atoms with Crippen LogP contribution in [0, 0.1) is 0 Å². The van der Waals surface area contributed by atoms with Crippen LogP contribution in [0.15, 0.2) is 53.5 Å². The highest BCUT2D eigenvalue weighted by atomic mass is 127. The van der Waals surface area contributed by atoms with Gasteiger partial charge in [-0.05, 0) is 23.3 Å². The summed E-state index contributed by atoms with van der Waals surface area (Å²) in [7, 11) is 1.63. The minimum absolute atomic E-state index is 0. The van der Waals surface area contributed by atoms with Crippen molar-refractivity contribution in [3.05, 3.63) is 59.7 Å². The number of halogens is 1. The molecule has 3 N–H and O–H groups in total. The van der Waals surface area contributed by atoms with Crippen LogP contribution in [0.4, 0.5) is 5.69 Å². The molecule has 1 saturated heterocycles. The molecule has 1 fully saturated rings. The molecule has 146 valence electrons. The summed E-state index contributed by atoms with van der Waals surface area (Å²) in [4.78, 5) is 6.85. The van der Waals surface area contributed by atoms with Crippen molar-refractivity contribution in [3.63, 3.8) is 0 Å². The quantitative estimate of drug-likeness (QED) is 0.376. The molecule has 6 nitrogen and oxygen atoms in total. The zero-order valence-corrected chi connectivity index (χ0v) is 17.9. The summed E-state index contributed by atoms with van der Waals surface area (Å²) in [6, 6.07) is 16.1. The number of anilines is 1. The minimum atomic E-state index is 0. The number of guanidine groups is 1. The molecule has 0 aliphatic carbocycles. The van der Waals surface area contributed by atoms with E-state index in [-0.39, 0.29) is 24.0 Å². The highest BCUT2D eigenvalue weighted by Crippen LogP contribution is 2.22. The number of methoxy groups -OCH3 is 1. The summed E-state index contributed by atoms with van der Waals surface area (Å²) in [5.74, 6) is 1.10. The maximum Gasteiger partial charge on any atom is 0.193 e. The van der Waals surface area contributed by atoms with Crippen LogP contribution < -0.4 is 15.8 Å². The predicted octanol–water partition coefficient (Wildman–Crippen LogP) is 3.07. The number of ether oxygens (including phenoxy) is 2. The first-order chi connectivity index (χ1) is 12.7. The van der Waals surface area contributed by atoms with E-state index >= 15 is 0 Å². The molecule has 0 atom stereocenters. The molecule has 0 unspecified atom stereocenters. The van der Waals surface area contributed by atoms with Crippen molar-refractivity contribution in [1.29, 1.82) is 0 Å². The fraction of sp³-hybridized carbons (Fsp3) is 0.350. The number of benzene rings is 2. The van der Waals surface area contributed by atoms with E-state index in [1.54, 1.807) is 7.11 Å². The van der Waals surface area contributed by atoms with Crippen LogP contribution in [0.3, 0.4) is 0 Å². The van der Waals surface area contributed by atoms with E-state index in [1.807, 2.05) is 24.3 Å². The third-order valence-electron chi connectivity index (χ3n) is 4.30. The second-order valence-corrected chi connectivity index (χ2v) is 6.24. The second kappa shape index (κ2) is 11.1. The molecule has 2 aromatic carbocycles. The lowest BCUT2D eigenvalue weighted by Gasteiger charge is -2.26. The molecule has 0 spiro atoms. The van der Waals surface area contributed by atoms with Crippen molar-refractivity contribution >= 4 is 35.6 Å². The van der Waals surface area contributed by atoms with E-state index in [9.17, 15) is 0 Å². The molecule has 0 aromatic heterocycles. The van der Waals surface area contributed by atoms with Crippen LogP contribution in [0.25, 0.3) is 0 Å². The molecule has 1 aliphatic heterocycles. The Kier molecular flexibility index (Phi) is 8.83. The van der Waals surface area contributed by atoms with E-state index in [4.69, 9.17) is 15.2 Å². The van der Waals surface area contributed by atoms with Crippen LogP contribution in [0.2, 0.25) is 0 Å². The summed E-state index contributed by atoms with van der Waals surface area (Å²) in [5, 5.41) is 3.09. The molecule has 0 bridgehead atoms. The van der Waals surface area contributed by atoms with Crippen LogP contribution in [-0.2, 0) is 17.8 Å². The summed E-state index contributed by atoms with van der Waals surface area (Å²) in [6.45, 7) is 5.07. The van der Waals surface area contributed by atoms with Gasteiger partial charge >= 0.3 is 0 Å². The number of nitrogens with one attached hydrogen (secondary N) is 1. The highest BCUT2D eigenvalue weighted by molar-refractivity contribution is 14.0. The Morgan fingerprint density at radius 3 is 2.67 bits per heavy atom. The maximum absolute atomic E-state index is 6.03. The van der Waals surface area contributed by atoms with Crippen LogP contribution in [0.1, 0.15) is 11.1 Å². The van der Waals surface area contributed by atoms with Crippen LogP contribution >= 0.6 is 24.0 Å². The van der Waals surface area contributed by atoms with Gasteiger partial charge in [0.25, 0.3) is 0 Å². The topological polar surface area (TPSA) is 72.1 Å². The summed E-state index contributed by atoms with van der Waals surface area (Å²) in [5.41, 5.74) is 9.26. The molecule has 0 amide bonds. The van der Waals surface area contributed by atoms with Gasteiger partial charge in [0, 0.05) is 19.6 Å². The van der Waals surface area contributed by atoms with Crippen molar-refractivity contribution in [2.24, 2.45) is 10.7 Å². The summed E-state index contributed by atoms with van der Waals surface area (Å²) in [6.07, 6.45) is 0. The van der Waals surface area contributed by atoms with Crippen LogP contribution in [0.5, 0.6) is 5.75 Å². The third-order valence-corrected chi connectivity index (χ3v) is 4.30. The molecule has 1 heterocycles. The zero-order valence-electron chi connectivity index (χ0n) is 15.6. The Balaban J connectivity index is 0.00000261. The van der Waals surface area contributed by atoms with Gasteiger partial charge in [-0.3, -0.25) is 4.90 Å². The van der Waals surface area contributed by atoms with Gasteiger partial charge in [0.05, 0.1) is 32.6 Å². The van der Waals surface area contributed by atoms with Crippen molar-refractivity contribution in [2.45, 2.75) is 13.1 Å². The number of nitrogens with zero attached hydrogens (tertiary/aromatic N) is 2. The SMILES string of the molecule is COc1ccccc1NC(N)=NCc1cccc(CN2CCOCC2)c1.I. The molecule has 7 heteroatoms. The Morgan fingerprint density at radius 2 is 1.89 bits per heavy atom. The second-order valence-electron chi connectivity index (χ2n) is 6.24. The Hall–Kier alpha value is -1.84. The number of rotatable bonds is 6. The van der Waals surface area contributed by atoms with Crippen molar-refractivity contribution in [2.75, 3.05) is 38.7 Å². The fourth-order valence-electron chi connectivity index (χ4n) is 2.95. The Bertz CT molecular complexity index is 748. The van der Waals surface area contributed by atoms with E-state index in [2.05, 4.69) is 39.5 Å². The van der Waals surface area contributed by atoms with E-state index in [0.717, 1.165) is 49.8 Å². The van der Waals surface area contributed by atoms with Crippen LogP contribution in [-0.4, -0.2) is 44.3 Å². The number of hydrogen-bond donors (Lipinski definition) is 2. The lowest BCUT2D eigenvalue weighted by molar-refractivity contribution is 0.0342. The van der Waals surface area contributed by atoms with E-state index < -0.39 is 0 Å². The number of hydrogen-bond acceptors (Lipinski definition) is 4. The third kappa shape index (κ3) is 6.67. The van der Waals surface area contributed by atoms with Gasteiger partial charge in [-0.2, -0.15) is 0 Å². The number of nitrogens with two attached hydrogens (primary N) is 1. The zero-order chi connectivity index (χ0) is 18.2. The number of para-hydroxylation sites is 2. The van der Waals surface area contributed by atoms with Crippen molar-refractivity contribution in [1.82, 2.24) is 4.90 Å². The lowest BCUT2D eigenvalue weighted by atomic mass is 10.1. The molecule has 0 radical (unpaired) electrons. The van der Waals surface area contributed by atoms with Gasteiger partial charge < -0.3 is 20.5 Å². The minimum Gasteiger partial charge on any atom is -0.495 e. The van der Waals surface area contributed by atoms with Gasteiger partial charge in [0.2, 0.25) is 0 Å².